The Balaban J connectivity index is 2.20. The van der Waals surface area contributed by atoms with Crippen molar-refractivity contribution < 1.29 is 19.1 Å². The van der Waals surface area contributed by atoms with Crippen molar-refractivity contribution in [3.63, 3.8) is 0 Å². The first kappa shape index (κ1) is 19.4. The zero-order valence-corrected chi connectivity index (χ0v) is 15.5. The van der Waals surface area contributed by atoms with Crippen LogP contribution in [0, 0.1) is 5.41 Å². The topological polar surface area (TPSA) is 55.8 Å². The van der Waals surface area contributed by atoms with Crippen molar-refractivity contribution in [2.24, 2.45) is 5.41 Å². The molecule has 1 atom stereocenters. The van der Waals surface area contributed by atoms with Crippen molar-refractivity contribution in [2.45, 2.75) is 44.6 Å². The van der Waals surface area contributed by atoms with Gasteiger partial charge in [-0.2, -0.15) is 0 Å². The Morgan fingerprint density at radius 1 is 1.16 bits per heavy atom. The largest absolute Gasteiger partial charge is 0.467 e. The number of likely N-dealkylation sites (N-methyl/N-ethyl adjacent to an activating group) is 1. The minimum Gasteiger partial charge on any atom is -0.467 e. The maximum Gasteiger partial charge on any atom is 0.328 e. The third-order valence-electron chi connectivity index (χ3n) is 5.33. The van der Waals surface area contributed by atoms with Crippen LogP contribution in [0.1, 0.15) is 37.7 Å². The number of amides is 1. The molecule has 0 unspecified atom stereocenters. The molecule has 0 N–H and O–H groups in total. The fourth-order valence-electron chi connectivity index (χ4n) is 3.79. The first-order valence-corrected chi connectivity index (χ1v) is 8.92. The minimum atomic E-state index is -0.611. The molecule has 5 heteroatoms. The van der Waals surface area contributed by atoms with E-state index in [1.165, 1.54) is 7.11 Å². The third kappa shape index (κ3) is 4.60. The first-order valence-electron chi connectivity index (χ1n) is 8.92. The van der Waals surface area contributed by atoms with E-state index in [-0.39, 0.29) is 11.9 Å². The average Bonchev–Trinajstić information content (AvgIpc) is 3.13. The molecule has 1 amide bonds. The Morgan fingerprint density at radius 3 is 2.36 bits per heavy atom. The van der Waals surface area contributed by atoms with Gasteiger partial charge in [0.25, 0.3) is 0 Å². The molecule has 0 spiro atoms. The molecule has 0 aliphatic heterocycles. The highest BCUT2D eigenvalue weighted by atomic mass is 16.5. The SMILES string of the molecule is COCCC1(C(=O)N(C)[C@@H](Cc2ccccc2)C(=O)OC)CCCC1. The fourth-order valence-corrected chi connectivity index (χ4v) is 3.79. The lowest BCUT2D eigenvalue weighted by Gasteiger charge is -2.35. The van der Waals surface area contributed by atoms with E-state index >= 15 is 0 Å². The number of benzene rings is 1. The molecule has 1 fully saturated rings. The summed E-state index contributed by atoms with van der Waals surface area (Å²) in [5.41, 5.74) is 0.600. The second-order valence-corrected chi connectivity index (χ2v) is 6.87. The predicted octanol–water partition coefficient (Wildman–Crippen LogP) is 2.83. The maximum absolute atomic E-state index is 13.3. The van der Waals surface area contributed by atoms with Crippen LogP contribution < -0.4 is 0 Å². The van der Waals surface area contributed by atoms with Gasteiger partial charge >= 0.3 is 5.97 Å². The smallest absolute Gasteiger partial charge is 0.328 e. The number of methoxy groups -OCH3 is 2. The molecule has 1 aromatic rings. The molecule has 25 heavy (non-hydrogen) atoms. The highest BCUT2D eigenvalue weighted by molar-refractivity contribution is 5.88. The van der Waals surface area contributed by atoms with Gasteiger partial charge in [-0.15, -0.1) is 0 Å². The summed E-state index contributed by atoms with van der Waals surface area (Å²) in [6, 6.07) is 9.11. The van der Waals surface area contributed by atoms with Gasteiger partial charge in [-0.3, -0.25) is 4.79 Å². The van der Waals surface area contributed by atoms with E-state index in [2.05, 4.69) is 0 Å². The van der Waals surface area contributed by atoms with Gasteiger partial charge in [-0.05, 0) is 24.8 Å². The minimum absolute atomic E-state index is 0.0355. The van der Waals surface area contributed by atoms with E-state index in [9.17, 15) is 9.59 Å². The quantitative estimate of drug-likeness (QED) is 0.679. The molecule has 5 nitrogen and oxygen atoms in total. The van der Waals surface area contributed by atoms with Crippen LogP contribution in [0.4, 0.5) is 0 Å². The molecule has 2 rings (SSSR count). The Morgan fingerprint density at radius 2 is 1.80 bits per heavy atom. The van der Waals surface area contributed by atoms with Crippen LogP contribution in [0.25, 0.3) is 0 Å². The van der Waals surface area contributed by atoms with E-state index in [0.29, 0.717) is 19.4 Å². The van der Waals surface area contributed by atoms with Gasteiger partial charge in [0.05, 0.1) is 12.5 Å². The second-order valence-electron chi connectivity index (χ2n) is 6.87. The zero-order chi connectivity index (χ0) is 18.3. The van der Waals surface area contributed by atoms with Crippen molar-refractivity contribution >= 4 is 11.9 Å². The van der Waals surface area contributed by atoms with Crippen LogP contribution in [0.5, 0.6) is 0 Å². The average molecular weight is 347 g/mol. The van der Waals surface area contributed by atoms with Crippen LogP contribution >= 0.6 is 0 Å². The maximum atomic E-state index is 13.3. The van der Waals surface area contributed by atoms with Crippen LogP contribution in [-0.4, -0.2) is 50.7 Å². The predicted molar refractivity (Wildman–Crippen MR) is 96.1 cm³/mol. The van der Waals surface area contributed by atoms with Crippen molar-refractivity contribution in [1.29, 1.82) is 0 Å². The summed E-state index contributed by atoms with van der Waals surface area (Å²) < 4.78 is 10.2. The normalized spacial score (nSPS) is 17.1. The standard InChI is InChI=1S/C20H29NO4/c1-21(19(23)20(13-14-24-2)11-7-8-12-20)17(18(22)25-3)15-16-9-5-4-6-10-16/h4-6,9-10,17H,7-8,11-15H2,1-3H3/t17-/m0/s1. The van der Waals surface area contributed by atoms with Crippen LogP contribution in [0.3, 0.4) is 0 Å². The number of rotatable bonds is 8. The molecule has 0 radical (unpaired) electrons. The molecule has 0 saturated heterocycles. The van der Waals surface area contributed by atoms with Gasteiger partial charge in [0, 0.05) is 27.2 Å². The molecular weight excluding hydrogens is 318 g/mol. The Hall–Kier alpha value is -1.88. The molecule has 0 heterocycles. The van der Waals surface area contributed by atoms with Crippen molar-refractivity contribution in [2.75, 3.05) is 27.9 Å². The number of hydrogen-bond acceptors (Lipinski definition) is 4. The number of hydrogen-bond donors (Lipinski definition) is 0. The van der Waals surface area contributed by atoms with E-state index in [1.54, 1.807) is 19.1 Å². The summed E-state index contributed by atoms with van der Waals surface area (Å²) in [6.07, 6.45) is 4.97. The van der Waals surface area contributed by atoms with E-state index in [1.807, 2.05) is 30.3 Å². The van der Waals surface area contributed by atoms with E-state index in [4.69, 9.17) is 9.47 Å². The summed E-state index contributed by atoms with van der Waals surface area (Å²) in [6.45, 7) is 0.557. The lowest BCUT2D eigenvalue weighted by atomic mass is 9.81. The van der Waals surface area contributed by atoms with Gasteiger partial charge in [0.1, 0.15) is 6.04 Å². The molecule has 0 aromatic heterocycles. The fraction of sp³-hybridized carbons (Fsp3) is 0.600. The molecule has 0 bridgehead atoms. The van der Waals surface area contributed by atoms with E-state index < -0.39 is 11.5 Å². The number of nitrogens with zero attached hydrogens (tertiary/aromatic N) is 1. The number of carbonyl (C=O) groups excluding carboxylic acids is 2. The first-order chi connectivity index (χ1) is 12.0. The molecule has 1 aliphatic carbocycles. The lowest BCUT2D eigenvalue weighted by Crippen LogP contribution is -2.50. The summed E-state index contributed by atoms with van der Waals surface area (Å²) in [7, 11) is 4.75. The van der Waals surface area contributed by atoms with Gasteiger partial charge in [0.2, 0.25) is 5.91 Å². The van der Waals surface area contributed by atoms with Crippen molar-refractivity contribution in [3.8, 4) is 0 Å². The van der Waals surface area contributed by atoms with Crippen LogP contribution in [0.2, 0.25) is 0 Å². The monoisotopic (exact) mass is 347 g/mol. The summed E-state index contributed by atoms with van der Waals surface area (Å²) >= 11 is 0. The van der Waals surface area contributed by atoms with Crippen LogP contribution in [0.15, 0.2) is 30.3 Å². The highest BCUT2D eigenvalue weighted by Gasteiger charge is 2.44. The zero-order valence-electron chi connectivity index (χ0n) is 15.5. The van der Waals surface area contributed by atoms with Gasteiger partial charge in [-0.25, -0.2) is 4.79 Å². The number of carbonyl (C=O) groups is 2. The van der Waals surface area contributed by atoms with Gasteiger partial charge < -0.3 is 14.4 Å². The van der Waals surface area contributed by atoms with Gasteiger partial charge in [0.15, 0.2) is 0 Å². The van der Waals surface area contributed by atoms with Gasteiger partial charge in [-0.1, -0.05) is 43.2 Å². The number of ether oxygens (including phenoxy) is 2. The summed E-state index contributed by atoms with van der Waals surface area (Å²) in [4.78, 5) is 27.2. The van der Waals surface area contributed by atoms with Crippen LogP contribution in [-0.2, 0) is 25.5 Å². The summed E-state index contributed by atoms with van der Waals surface area (Å²) in [5.74, 6) is -0.340. The molecule has 1 aromatic carbocycles. The Labute approximate surface area is 150 Å². The summed E-state index contributed by atoms with van der Waals surface area (Å²) in [5, 5.41) is 0. The highest BCUT2D eigenvalue weighted by Crippen LogP contribution is 2.43. The molecule has 1 aliphatic rings. The molecular formula is C20H29NO4. The van der Waals surface area contributed by atoms with E-state index in [0.717, 1.165) is 31.2 Å². The second kappa shape index (κ2) is 8.99. The Kier molecular flexibility index (Phi) is 7.00. The van der Waals surface area contributed by atoms with Crippen molar-refractivity contribution in [3.05, 3.63) is 35.9 Å². The molecule has 138 valence electrons. The van der Waals surface area contributed by atoms with Crippen molar-refractivity contribution in [1.82, 2.24) is 4.90 Å². The number of esters is 1. The third-order valence-corrected chi connectivity index (χ3v) is 5.33. The lowest BCUT2D eigenvalue weighted by molar-refractivity contribution is -0.156. The Bertz CT molecular complexity index is 566. The molecule has 1 saturated carbocycles.